The lowest BCUT2D eigenvalue weighted by molar-refractivity contribution is 0.0389. The summed E-state index contributed by atoms with van der Waals surface area (Å²) in [5, 5.41) is 8.61. The number of hydrogen-bond donors (Lipinski definition) is 2. The molecule has 120 valence electrons. The summed E-state index contributed by atoms with van der Waals surface area (Å²) in [6, 6.07) is 7.59. The Hall–Kier alpha value is -1.21. The molecule has 7 heteroatoms. The standard InChI is InChI=1S/C15H21ClN4OS/c1-12(13-4-2-3-5-14(13)16)18-19-15(22)17-6-7-20-8-10-21-11-9-20/h2-5H,6-11H2,1H3,(H2,17,19,22)/b18-12-. The van der Waals surface area contributed by atoms with Crippen molar-refractivity contribution in [2.24, 2.45) is 5.10 Å². The van der Waals surface area contributed by atoms with Crippen molar-refractivity contribution in [2.75, 3.05) is 39.4 Å². The van der Waals surface area contributed by atoms with Crippen LogP contribution in [-0.2, 0) is 4.74 Å². The van der Waals surface area contributed by atoms with Gasteiger partial charge >= 0.3 is 0 Å². The fourth-order valence-corrected chi connectivity index (χ4v) is 2.56. The number of nitrogens with zero attached hydrogens (tertiary/aromatic N) is 2. The van der Waals surface area contributed by atoms with E-state index in [0.29, 0.717) is 10.1 Å². The second-order valence-corrected chi connectivity index (χ2v) is 5.81. The van der Waals surface area contributed by atoms with Crippen LogP contribution in [0.5, 0.6) is 0 Å². The molecule has 1 aromatic rings. The van der Waals surface area contributed by atoms with Gasteiger partial charge in [0.15, 0.2) is 5.11 Å². The molecule has 2 rings (SSSR count). The lowest BCUT2D eigenvalue weighted by Crippen LogP contribution is -2.42. The number of halogens is 1. The van der Waals surface area contributed by atoms with Gasteiger partial charge in [-0.1, -0.05) is 29.8 Å². The molecule has 0 unspecified atom stereocenters. The van der Waals surface area contributed by atoms with Crippen molar-refractivity contribution in [1.29, 1.82) is 0 Å². The van der Waals surface area contributed by atoms with Crippen LogP contribution in [0.1, 0.15) is 12.5 Å². The Morgan fingerprint density at radius 3 is 2.82 bits per heavy atom. The highest BCUT2D eigenvalue weighted by atomic mass is 35.5. The zero-order valence-corrected chi connectivity index (χ0v) is 14.2. The molecular weight excluding hydrogens is 320 g/mol. The Labute approximate surface area is 141 Å². The summed E-state index contributed by atoms with van der Waals surface area (Å²) in [6.45, 7) is 7.20. The van der Waals surface area contributed by atoms with Gasteiger partial charge in [-0.05, 0) is 25.2 Å². The topological polar surface area (TPSA) is 48.9 Å². The second kappa shape index (κ2) is 9.05. The van der Waals surface area contributed by atoms with Crippen LogP contribution in [0.2, 0.25) is 5.02 Å². The lowest BCUT2D eigenvalue weighted by Gasteiger charge is -2.26. The SMILES string of the molecule is C/C(=N/NC(=S)NCCN1CCOCC1)c1ccccc1Cl. The van der Waals surface area contributed by atoms with Crippen LogP contribution < -0.4 is 10.7 Å². The summed E-state index contributed by atoms with van der Waals surface area (Å²) >= 11 is 11.3. The molecule has 1 fully saturated rings. The quantitative estimate of drug-likeness (QED) is 0.487. The van der Waals surface area contributed by atoms with Gasteiger partial charge in [0.05, 0.1) is 18.9 Å². The number of nitrogens with one attached hydrogen (secondary N) is 2. The van der Waals surface area contributed by atoms with Gasteiger partial charge < -0.3 is 10.1 Å². The van der Waals surface area contributed by atoms with E-state index < -0.39 is 0 Å². The molecule has 0 aliphatic carbocycles. The Morgan fingerprint density at radius 1 is 1.36 bits per heavy atom. The van der Waals surface area contributed by atoms with Crippen LogP contribution in [0.25, 0.3) is 0 Å². The van der Waals surface area contributed by atoms with Crippen LogP contribution in [0, 0.1) is 0 Å². The van der Waals surface area contributed by atoms with Crippen molar-refractivity contribution < 1.29 is 4.74 Å². The van der Waals surface area contributed by atoms with Crippen LogP contribution >= 0.6 is 23.8 Å². The summed E-state index contributed by atoms with van der Waals surface area (Å²) < 4.78 is 5.31. The van der Waals surface area contributed by atoms with Crippen molar-refractivity contribution in [1.82, 2.24) is 15.6 Å². The normalized spacial score (nSPS) is 16.4. The zero-order valence-electron chi connectivity index (χ0n) is 12.6. The number of ether oxygens (including phenoxy) is 1. The van der Waals surface area contributed by atoms with E-state index in [-0.39, 0.29) is 0 Å². The van der Waals surface area contributed by atoms with Crippen LogP contribution in [0.4, 0.5) is 0 Å². The minimum absolute atomic E-state index is 0.514. The maximum Gasteiger partial charge on any atom is 0.187 e. The molecule has 0 amide bonds. The maximum absolute atomic E-state index is 6.13. The monoisotopic (exact) mass is 340 g/mol. The summed E-state index contributed by atoms with van der Waals surface area (Å²) in [5.74, 6) is 0. The van der Waals surface area contributed by atoms with Crippen LogP contribution in [-0.4, -0.2) is 55.1 Å². The number of morpholine rings is 1. The molecule has 0 spiro atoms. The van der Waals surface area contributed by atoms with Crippen molar-refractivity contribution in [3.05, 3.63) is 34.9 Å². The smallest absolute Gasteiger partial charge is 0.187 e. The van der Waals surface area contributed by atoms with Crippen LogP contribution in [0.15, 0.2) is 29.4 Å². The largest absolute Gasteiger partial charge is 0.379 e. The molecular formula is C15H21ClN4OS. The first kappa shape index (κ1) is 17.1. The summed E-state index contributed by atoms with van der Waals surface area (Å²) in [4.78, 5) is 2.34. The minimum atomic E-state index is 0.514. The Kier molecular flexibility index (Phi) is 7.05. The van der Waals surface area contributed by atoms with E-state index in [9.17, 15) is 0 Å². The molecule has 2 N–H and O–H groups in total. The maximum atomic E-state index is 6.13. The number of hydrazone groups is 1. The van der Waals surface area contributed by atoms with E-state index in [4.69, 9.17) is 28.6 Å². The predicted octanol–water partition coefficient (Wildman–Crippen LogP) is 1.86. The fourth-order valence-electron chi connectivity index (χ4n) is 2.14. The number of rotatable bonds is 5. The molecule has 1 aliphatic rings. The molecule has 5 nitrogen and oxygen atoms in total. The van der Waals surface area contributed by atoms with Crippen LogP contribution in [0.3, 0.4) is 0 Å². The molecule has 0 radical (unpaired) electrons. The van der Waals surface area contributed by atoms with E-state index in [0.717, 1.165) is 50.7 Å². The number of hydrogen-bond acceptors (Lipinski definition) is 4. The first-order chi connectivity index (χ1) is 10.7. The van der Waals surface area contributed by atoms with Gasteiger partial charge in [0.25, 0.3) is 0 Å². The van der Waals surface area contributed by atoms with Crippen molar-refractivity contribution in [2.45, 2.75) is 6.92 Å². The molecule has 0 aromatic heterocycles. The van der Waals surface area contributed by atoms with E-state index in [2.05, 4.69) is 20.7 Å². The third-order valence-corrected chi connectivity index (χ3v) is 3.97. The molecule has 1 aromatic carbocycles. The Morgan fingerprint density at radius 2 is 2.09 bits per heavy atom. The Balaban J connectivity index is 1.72. The third-order valence-electron chi connectivity index (χ3n) is 3.41. The van der Waals surface area contributed by atoms with E-state index in [1.165, 1.54) is 0 Å². The highest BCUT2D eigenvalue weighted by Crippen LogP contribution is 2.15. The molecule has 1 aliphatic heterocycles. The van der Waals surface area contributed by atoms with Gasteiger partial charge in [-0.25, -0.2) is 0 Å². The highest BCUT2D eigenvalue weighted by Gasteiger charge is 2.09. The first-order valence-corrected chi connectivity index (χ1v) is 8.08. The fraction of sp³-hybridized carbons (Fsp3) is 0.467. The van der Waals surface area contributed by atoms with E-state index >= 15 is 0 Å². The van der Waals surface area contributed by atoms with Gasteiger partial charge in [-0.2, -0.15) is 5.10 Å². The highest BCUT2D eigenvalue weighted by molar-refractivity contribution is 7.80. The average molecular weight is 341 g/mol. The summed E-state index contributed by atoms with van der Waals surface area (Å²) in [5.41, 5.74) is 4.54. The summed E-state index contributed by atoms with van der Waals surface area (Å²) in [6.07, 6.45) is 0. The van der Waals surface area contributed by atoms with Gasteiger partial charge in [-0.15, -0.1) is 0 Å². The summed E-state index contributed by atoms with van der Waals surface area (Å²) in [7, 11) is 0. The molecule has 1 heterocycles. The third kappa shape index (κ3) is 5.53. The minimum Gasteiger partial charge on any atom is -0.379 e. The first-order valence-electron chi connectivity index (χ1n) is 7.30. The van der Waals surface area contributed by atoms with Crippen molar-refractivity contribution in [3.63, 3.8) is 0 Å². The molecule has 0 saturated carbocycles. The van der Waals surface area contributed by atoms with E-state index in [1.54, 1.807) is 0 Å². The van der Waals surface area contributed by atoms with Crippen molar-refractivity contribution in [3.8, 4) is 0 Å². The Bertz CT molecular complexity index is 532. The molecule has 22 heavy (non-hydrogen) atoms. The second-order valence-electron chi connectivity index (χ2n) is 5.00. The van der Waals surface area contributed by atoms with Gasteiger partial charge in [0.1, 0.15) is 0 Å². The molecule has 1 saturated heterocycles. The zero-order chi connectivity index (χ0) is 15.8. The van der Waals surface area contributed by atoms with E-state index in [1.807, 2.05) is 31.2 Å². The van der Waals surface area contributed by atoms with Gasteiger partial charge in [0.2, 0.25) is 0 Å². The number of thiocarbonyl (C=S) groups is 1. The van der Waals surface area contributed by atoms with Crippen molar-refractivity contribution >= 4 is 34.6 Å². The van der Waals surface area contributed by atoms with Gasteiger partial charge in [0, 0.05) is 36.8 Å². The number of benzene rings is 1. The molecule has 0 bridgehead atoms. The lowest BCUT2D eigenvalue weighted by atomic mass is 10.1. The predicted molar refractivity (Wildman–Crippen MR) is 94.7 cm³/mol. The van der Waals surface area contributed by atoms with Gasteiger partial charge in [-0.3, -0.25) is 10.3 Å². The molecule has 0 atom stereocenters. The average Bonchev–Trinajstić information content (AvgIpc) is 2.54.